The van der Waals surface area contributed by atoms with Crippen LogP contribution in [0.5, 0.6) is 0 Å². The monoisotopic (exact) mass is 272 g/mol. The maximum absolute atomic E-state index is 5.52. The number of aromatic nitrogens is 2. The lowest BCUT2D eigenvalue weighted by atomic mass is 10.5. The fraction of sp³-hybridized carbons (Fsp3) is 0.833. The van der Waals surface area contributed by atoms with Crippen molar-refractivity contribution < 1.29 is 4.74 Å². The number of rotatable bonds is 9. The third kappa shape index (κ3) is 6.28. The maximum atomic E-state index is 5.52. The van der Waals surface area contributed by atoms with Crippen molar-refractivity contribution in [2.75, 3.05) is 32.1 Å². The minimum Gasteiger partial charge on any atom is -0.377 e. The lowest BCUT2D eigenvalue weighted by Gasteiger charge is -2.15. The minimum absolute atomic E-state index is 0.296. The smallest absolute Gasteiger partial charge is 0.205 e. The molecule has 1 aromatic rings. The summed E-state index contributed by atoms with van der Waals surface area (Å²) >= 11 is 1.63. The van der Waals surface area contributed by atoms with Gasteiger partial charge in [-0.2, -0.15) is 0 Å². The topological polar surface area (TPSA) is 50.3 Å². The van der Waals surface area contributed by atoms with Gasteiger partial charge >= 0.3 is 0 Å². The zero-order chi connectivity index (χ0) is 13.4. The molecule has 104 valence electrons. The molecule has 1 rings (SSSR count). The highest BCUT2D eigenvalue weighted by molar-refractivity contribution is 7.15. The molecule has 18 heavy (non-hydrogen) atoms. The van der Waals surface area contributed by atoms with Crippen molar-refractivity contribution in [2.24, 2.45) is 0 Å². The average Bonchev–Trinajstić information content (AvgIpc) is 2.73. The predicted molar refractivity (Wildman–Crippen MR) is 76.1 cm³/mol. The second-order valence-corrected chi connectivity index (χ2v) is 5.65. The van der Waals surface area contributed by atoms with Crippen molar-refractivity contribution >= 4 is 16.5 Å². The Morgan fingerprint density at radius 2 is 2.17 bits per heavy atom. The Morgan fingerprint density at radius 1 is 1.39 bits per heavy atom. The molecule has 0 bridgehead atoms. The van der Waals surface area contributed by atoms with E-state index in [1.165, 1.54) is 0 Å². The van der Waals surface area contributed by atoms with Gasteiger partial charge in [-0.05, 0) is 27.3 Å². The Hall–Kier alpha value is -0.720. The van der Waals surface area contributed by atoms with Gasteiger partial charge < -0.3 is 10.1 Å². The molecule has 0 aromatic carbocycles. The molecule has 0 saturated heterocycles. The molecule has 1 heterocycles. The maximum Gasteiger partial charge on any atom is 0.205 e. The molecule has 5 nitrogen and oxygen atoms in total. The van der Waals surface area contributed by atoms with Crippen LogP contribution in [0.4, 0.5) is 5.13 Å². The number of hydrogen-bond donors (Lipinski definition) is 1. The van der Waals surface area contributed by atoms with Crippen LogP contribution < -0.4 is 5.32 Å². The van der Waals surface area contributed by atoms with Crippen LogP contribution in [0.1, 0.15) is 32.2 Å². The first-order chi connectivity index (χ1) is 8.61. The van der Waals surface area contributed by atoms with Gasteiger partial charge in [0.05, 0.1) is 19.3 Å². The normalized spacial score (nSPS) is 11.4. The molecule has 0 atom stereocenters. The van der Waals surface area contributed by atoms with E-state index in [0.29, 0.717) is 6.10 Å². The van der Waals surface area contributed by atoms with Crippen LogP contribution in [-0.2, 0) is 11.3 Å². The fourth-order valence-corrected chi connectivity index (χ4v) is 2.22. The van der Waals surface area contributed by atoms with E-state index in [9.17, 15) is 0 Å². The van der Waals surface area contributed by atoms with E-state index in [4.69, 9.17) is 4.74 Å². The van der Waals surface area contributed by atoms with E-state index in [2.05, 4.69) is 48.2 Å². The van der Waals surface area contributed by atoms with Crippen molar-refractivity contribution in [3.63, 3.8) is 0 Å². The third-order valence-corrected chi connectivity index (χ3v) is 3.19. The van der Waals surface area contributed by atoms with Crippen LogP contribution >= 0.6 is 11.3 Å². The van der Waals surface area contributed by atoms with Gasteiger partial charge in [-0.1, -0.05) is 18.3 Å². The molecule has 1 aromatic heterocycles. The number of nitrogens with one attached hydrogen (secondary N) is 1. The average molecular weight is 272 g/mol. The lowest BCUT2D eigenvalue weighted by Crippen LogP contribution is -2.23. The minimum atomic E-state index is 0.296. The number of anilines is 1. The molecule has 1 N–H and O–H groups in total. The Balaban J connectivity index is 2.26. The number of ether oxygens (including phenoxy) is 1. The molecule has 0 fully saturated rings. The summed E-state index contributed by atoms with van der Waals surface area (Å²) < 4.78 is 5.52. The van der Waals surface area contributed by atoms with Gasteiger partial charge in [-0.3, -0.25) is 4.90 Å². The van der Waals surface area contributed by atoms with Crippen molar-refractivity contribution in [3.05, 3.63) is 5.01 Å². The molecule has 0 radical (unpaired) electrons. The van der Waals surface area contributed by atoms with Gasteiger partial charge in [0.1, 0.15) is 5.01 Å². The van der Waals surface area contributed by atoms with Crippen LogP contribution in [0.3, 0.4) is 0 Å². The second kappa shape index (κ2) is 8.39. The van der Waals surface area contributed by atoms with Crippen LogP contribution in [0, 0.1) is 0 Å². The van der Waals surface area contributed by atoms with Crippen LogP contribution in [0.25, 0.3) is 0 Å². The first-order valence-electron chi connectivity index (χ1n) is 6.48. The first-order valence-corrected chi connectivity index (χ1v) is 7.29. The zero-order valence-corrected chi connectivity index (χ0v) is 12.6. The molecule has 0 amide bonds. The highest BCUT2D eigenvalue weighted by Crippen LogP contribution is 2.16. The zero-order valence-electron chi connectivity index (χ0n) is 11.8. The van der Waals surface area contributed by atoms with Crippen LogP contribution in [-0.4, -0.2) is 47.9 Å². The number of nitrogens with zero attached hydrogens (tertiary/aromatic N) is 3. The highest BCUT2D eigenvalue weighted by Gasteiger charge is 2.07. The van der Waals surface area contributed by atoms with Gasteiger partial charge in [-0.15, -0.1) is 10.2 Å². The van der Waals surface area contributed by atoms with E-state index in [-0.39, 0.29) is 0 Å². The Kier molecular flexibility index (Phi) is 7.15. The quantitative estimate of drug-likeness (QED) is 0.747. The van der Waals surface area contributed by atoms with Gasteiger partial charge in [0.2, 0.25) is 5.13 Å². The summed E-state index contributed by atoms with van der Waals surface area (Å²) in [6, 6.07) is 0. The molecule has 0 aliphatic heterocycles. The molecule has 0 saturated carbocycles. The molecule has 0 unspecified atom stereocenters. The standard InChI is InChI=1S/C12H24N4OS/c1-5-6-13-12-15-14-11(18-12)9-16(4)7-8-17-10(2)3/h10H,5-9H2,1-4H3,(H,13,15). The largest absolute Gasteiger partial charge is 0.377 e. The second-order valence-electron chi connectivity index (χ2n) is 4.59. The van der Waals surface area contributed by atoms with E-state index in [1.807, 2.05) is 0 Å². The molecule has 6 heteroatoms. The Labute approximate surface area is 114 Å². The molecule has 0 aliphatic carbocycles. The van der Waals surface area contributed by atoms with Crippen LogP contribution in [0.15, 0.2) is 0 Å². The van der Waals surface area contributed by atoms with Gasteiger partial charge in [0.25, 0.3) is 0 Å². The summed E-state index contributed by atoms with van der Waals surface area (Å²) in [6.45, 7) is 9.69. The van der Waals surface area contributed by atoms with Crippen molar-refractivity contribution in [3.8, 4) is 0 Å². The number of likely N-dealkylation sites (N-methyl/N-ethyl adjacent to an activating group) is 1. The van der Waals surface area contributed by atoms with Crippen molar-refractivity contribution in [1.82, 2.24) is 15.1 Å². The Morgan fingerprint density at radius 3 is 2.83 bits per heavy atom. The molecule has 0 aliphatic rings. The van der Waals surface area contributed by atoms with Crippen molar-refractivity contribution in [2.45, 2.75) is 39.8 Å². The fourth-order valence-electron chi connectivity index (χ4n) is 1.38. The van der Waals surface area contributed by atoms with Gasteiger partial charge in [-0.25, -0.2) is 0 Å². The van der Waals surface area contributed by atoms with E-state index in [0.717, 1.165) is 42.8 Å². The Bertz CT molecular complexity index is 330. The summed E-state index contributed by atoms with van der Waals surface area (Å²) in [5, 5.41) is 13.5. The molecular weight excluding hydrogens is 248 g/mol. The molecule has 0 spiro atoms. The van der Waals surface area contributed by atoms with Crippen molar-refractivity contribution in [1.29, 1.82) is 0 Å². The van der Waals surface area contributed by atoms with Crippen LogP contribution in [0.2, 0.25) is 0 Å². The summed E-state index contributed by atoms with van der Waals surface area (Å²) in [7, 11) is 2.07. The van der Waals surface area contributed by atoms with Gasteiger partial charge in [0, 0.05) is 13.1 Å². The summed E-state index contributed by atoms with van der Waals surface area (Å²) in [6.07, 6.45) is 1.39. The van der Waals surface area contributed by atoms with Gasteiger partial charge in [0.15, 0.2) is 0 Å². The lowest BCUT2D eigenvalue weighted by molar-refractivity contribution is 0.0626. The molecular formula is C12H24N4OS. The summed E-state index contributed by atoms with van der Waals surface area (Å²) in [5.74, 6) is 0. The predicted octanol–water partition coefficient (Wildman–Crippen LogP) is 2.22. The van der Waals surface area contributed by atoms with E-state index in [1.54, 1.807) is 11.3 Å². The highest BCUT2D eigenvalue weighted by atomic mass is 32.1. The summed E-state index contributed by atoms with van der Waals surface area (Å²) in [5.41, 5.74) is 0. The number of hydrogen-bond acceptors (Lipinski definition) is 6. The summed E-state index contributed by atoms with van der Waals surface area (Å²) in [4.78, 5) is 2.20. The SMILES string of the molecule is CCCNc1nnc(CN(C)CCOC(C)C)s1. The first kappa shape index (κ1) is 15.3. The third-order valence-electron chi connectivity index (χ3n) is 2.32. The van der Waals surface area contributed by atoms with E-state index < -0.39 is 0 Å². The van der Waals surface area contributed by atoms with E-state index >= 15 is 0 Å².